The van der Waals surface area contributed by atoms with Gasteiger partial charge < -0.3 is 18.3 Å². The minimum absolute atomic E-state index is 1.13. The highest BCUT2D eigenvalue weighted by Gasteiger charge is 2.23. The third-order valence-corrected chi connectivity index (χ3v) is 17.1. The standard InChI is InChI=1S/C78H50N4/c1-3-28-59(29-4-1)79-71-40-13-9-36-67(71)75-73(79)44-42-66-64-35-8-12-39-70(64)82(78(66)75)62-33-19-27-58(50-62)56-25-17-23-54(48-56)52-21-15-20-51(46-52)53-22-16-24-55(47-53)57-26-18-32-61(49-57)80-72-41-14-10-37-68(72)76-74(80)45-43-65-63-34-7-11-38-69(63)81(77(65)76)60-30-5-2-6-31-60/h1-50H. The van der Waals surface area contributed by atoms with Crippen molar-refractivity contribution < 1.29 is 0 Å². The fraction of sp³-hybridized carbons (Fsp3) is 0. The Morgan fingerprint density at radius 1 is 0.159 bits per heavy atom. The molecule has 0 saturated carbocycles. The molecular weight excluding hydrogens is 993 g/mol. The monoisotopic (exact) mass is 1040 g/mol. The second kappa shape index (κ2) is 18.3. The molecule has 0 aliphatic carbocycles. The van der Waals surface area contributed by atoms with Crippen molar-refractivity contribution in [3.63, 3.8) is 0 Å². The van der Waals surface area contributed by atoms with Crippen LogP contribution in [-0.2, 0) is 0 Å². The van der Waals surface area contributed by atoms with Crippen LogP contribution in [0.1, 0.15) is 0 Å². The molecule has 0 bridgehead atoms. The lowest BCUT2D eigenvalue weighted by Gasteiger charge is -2.13. The highest BCUT2D eigenvalue weighted by molar-refractivity contribution is 6.27. The van der Waals surface area contributed by atoms with E-state index in [1.165, 1.54) is 132 Å². The molecule has 0 amide bonds. The molecule has 4 heterocycles. The van der Waals surface area contributed by atoms with Crippen LogP contribution in [0.15, 0.2) is 303 Å². The lowest BCUT2D eigenvalue weighted by atomic mass is 9.94. The average molecular weight is 1040 g/mol. The van der Waals surface area contributed by atoms with Crippen molar-refractivity contribution in [3.8, 4) is 67.3 Å². The fourth-order valence-corrected chi connectivity index (χ4v) is 13.5. The molecule has 0 N–H and O–H groups in total. The number of aromatic nitrogens is 4. The summed E-state index contributed by atoms with van der Waals surface area (Å²) in [4.78, 5) is 0. The van der Waals surface area contributed by atoms with Gasteiger partial charge in [-0.3, -0.25) is 0 Å². The Labute approximate surface area is 473 Å². The van der Waals surface area contributed by atoms with Gasteiger partial charge in [0.05, 0.1) is 44.1 Å². The van der Waals surface area contributed by atoms with Crippen LogP contribution in [0.4, 0.5) is 0 Å². The van der Waals surface area contributed by atoms with E-state index < -0.39 is 0 Å². The van der Waals surface area contributed by atoms with Crippen LogP contribution in [0.5, 0.6) is 0 Å². The molecule has 0 aliphatic rings. The summed E-state index contributed by atoms with van der Waals surface area (Å²) in [7, 11) is 0. The van der Waals surface area contributed by atoms with Crippen LogP contribution in [0.3, 0.4) is 0 Å². The highest BCUT2D eigenvalue weighted by atomic mass is 15.0. The lowest BCUT2D eigenvalue weighted by molar-refractivity contribution is 1.17. The molecule has 0 spiro atoms. The Balaban J connectivity index is 0.731. The number of fused-ring (bicyclic) bond motifs is 14. The van der Waals surface area contributed by atoms with Gasteiger partial charge in [0.2, 0.25) is 0 Å². The summed E-state index contributed by atoms with van der Waals surface area (Å²) in [5, 5.41) is 9.98. The Hall–Kier alpha value is -10.9. The van der Waals surface area contributed by atoms with E-state index in [4.69, 9.17) is 0 Å². The van der Waals surface area contributed by atoms with Gasteiger partial charge in [-0.2, -0.15) is 0 Å². The summed E-state index contributed by atoms with van der Waals surface area (Å²) >= 11 is 0. The second-order valence-corrected chi connectivity index (χ2v) is 21.6. The van der Waals surface area contributed by atoms with E-state index in [9.17, 15) is 0 Å². The second-order valence-electron chi connectivity index (χ2n) is 21.6. The molecule has 4 nitrogen and oxygen atoms in total. The molecule has 0 aliphatic heterocycles. The molecule has 0 saturated heterocycles. The highest BCUT2D eigenvalue weighted by Crippen LogP contribution is 2.45. The molecule has 13 aromatic carbocycles. The van der Waals surface area contributed by atoms with E-state index in [-0.39, 0.29) is 0 Å². The number of hydrogen-bond acceptors (Lipinski definition) is 0. The zero-order chi connectivity index (χ0) is 53.8. The Morgan fingerprint density at radius 2 is 0.439 bits per heavy atom. The summed E-state index contributed by atoms with van der Waals surface area (Å²) in [5.41, 5.74) is 23.5. The summed E-state index contributed by atoms with van der Waals surface area (Å²) in [5.74, 6) is 0. The maximum absolute atomic E-state index is 2.49. The maximum Gasteiger partial charge on any atom is 0.0641 e. The van der Waals surface area contributed by atoms with Crippen molar-refractivity contribution in [1.82, 2.24) is 18.3 Å². The Morgan fingerprint density at radius 3 is 0.854 bits per heavy atom. The minimum Gasteiger partial charge on any atom is -0.309 e. The fourth-order valence-electron chi connectivity index (χ4n) is 13.5. The average Bonchev–Trinajstić information content (AvgIpc) is 2.76. The van der Waals surface area contributed by atoms with Crippen molar-refractivity contribution in [2.45, 2.75) is 0 Å². The summed E-state index contributed by atoms with van der Waals surface area (Å²) in [6.07, 6.45) is 0. The van der Waals surface area contributed by atoms with E-state index in [2.05, 4.69) is 322 Å². The Bertz CT molecular complexity index is 5400. The van der Waals surface area contributed by atoms with Crippen molar-refractivity contribution in [3.05, 3.63) is 303 Å². The van der Waals surface area contributed by atoms with Gasteiger partial charge in [0.1, 0.15) is 0 Å². The van der Waals surface area contributed by atoms with Gasteiger partial charge in [0.15, 0.2) is 0 Å². The third kappa shape index (κ3) is 7.05. The van der Waals surface area contributed by atoms with Crippen molar-refractivity contribution in [2.75, 3.05) is 0 Å². The zero-order valence-corrected chi connectivity index (χ0v) is 44.7. The van der Waals surface area contributed by atoms with Gasteiger partial charge >= 0.3 is 0 Å². The maximum atomic E-state index is 2.49. The van der Waals surface area contributed by atoms with Crippen LogP contribution in [0.2, 0.25) is 0 Å². The summed E-state index contributed by atoms with van der Waals surface area (Å²) in [6.45, 7) is 0. The van der Waals surface area contributed by atoms with Crippen molar-refractivity contribution >= 4 is 87.2 Å². The molecular formula is C78H50N4. The van der Waals surface area contributed by atoms with Crippen molar-refractivity contribution in [2.24, 2.45) is 0 Å². The topological polar surface area (TPSA) is 19.7 Å². The molecule has 82 heavy (non-hydrogen) atoms. The summed E-state index contributed by atoms with van der Waals surface area (Å²) in [6, 6.07) is 111. The zero-order valence-electron chi connectivity index (χ0n) is 44.7. The van der Waals surface area contributed by atoms with Gasteiger partial charge in [-0.05, 0) is 148 Å². The van der Waals surface area contributed by atoms with Crippen LogP contribution in [-0.4, -0.2) is 18.3 Å². The molecule has 0 fully saturated rings. The van der Waals surface area contributed by atoms with E-state index in [0.29, 0.717) is 0 Å². The minimum atomic E-state index is 1.13. The normalized spacial score (nSPS) is 11.9. The Kier molecular flexibility index (Phi) is 10.3. The molecule has 17 rings (SSSR count). The molecule has 4 heteroatoms. The largest absolute Gasteiger partial charge is 0.309 e. The molecule has 0 atom stereocenters. The number of benzene rings is 13. The predicted octanol–water partition coefficient (Wildman–Crippen LogP) is 20.7. The number of nitrogens with zero attached hydrogens (tertiary/aromatic N) is 4. The summed E-state index contributed by atoms with van der Waals surface area (Å²) < 4.78 is 9.80. The van der Waals surface area contributed by atoms with Crippen LogP contribution < -0.4 is 0 Å². The van der Waals surface area contributed by atoms with Gasteiger partial charge in [0, 0.05) is 65.8 Å². The van der Waals surface area contributed by atoms with Crippen LogP contribution >= 0.6 is 0 Å². The van der Waals surface area contributed by atoms with Crippen molar-refractivity contribution in [1.29, 1.82) is 0 Å². The number of hydrogen-bond donors (Lipinski definition) is 0. The van der Waals surface area contributed by atoms with Crippen LogP contribution in [0, 0.1) is 0 Å². The third-order valence-electron chi connectivity index (χ3n) is 17.1. The predicted molar refractivity (Wildman–Crippen MR) is 346 cm³/mol. The van der Waals surface area contributed by atoms with Gasteiger partial charge in [0.25, 0.3) is 0 Å². The number of rotatable bonds is 8. The van der Waals surface area contributed by atoms with E-state index in [1.54, 1.807) is 0 Å². The first-order valence-corrected chi connectivity index (χ1v) is 28.2. The number of para-hydroxylation sites is 6. The quantitative estimate of drug-likeness (QED) is 0.145. The van der Waals surface area contributed by atoms with E-state index >= 15 is 0 Å². The molecule has 17 aromatic rings. The molecule has 382 valence electrons. The van der Waals surface area contributed by atoms with Crippen LogP contribution in [0.25, 0.3) is 154 Å². The first-order chi connectivity index (χ1) is 40.7. The van der Waals surface area contributed by atoms with E-state index in [0.717, 1.165) is 22.7 Å². The first-order valence-electron chi connectivity index (χ1n) is 28.2. The van der Waals surface area contributed by atoms with Gasteiger partial charge in [-0.1, -0.05) is 200 Å². The molecule has 0 radical (unpaired) electrons. The first kappa shape index (κ1) is 46.0. The van der Waals surface area contributed by atoms with Gasteiger partial charge in [-0.25, -0.2) is 0 Å². The molecule has 0 unspecified atom stereocenters. The smallest absolute Gasteiger partial charge is 0.0641 e. The molecule has 4 aromatic heterocycles. The lowest BCUT2D eigenvalue weighted by Crippen LogP contribution is -1.96. The SMILES string of the molecule is c1ccc(-n2c3ccccc3c3c2ccc2c4ccccc4n(-c4cccc(-c5cccc(-c6cccc(-c7cccc(-c8cccc(-n9c%10ccccc%10c%10c9ccc9c%11ccccc%11n(-c%11ccccc%11)c9%10)c8)c7)c6)c5)c4)c23)cc1. The van der Waals surface area contributed by atoms with E-state index in [1.807, 2.05) is 0 Å². The van der Waals surface area contributed by atoms with Gasteiger partial charge in [-0.15, -0.1) is 0 Å².